The molecule has 0 aliphatic carbocycles. The Morgan fingerprint density at radius 1 is 0.909 bits per heavy atom. The van der Waals surface area contributed by atoms with E-state index < -0.39 is 39.9 Å². The second-order valence-corrected chi connectivity index (χ2v) is 9.50. The molecule has 0 aromatic heterocycles. The number of anilines is 2. The Morgan fingerprint density at radius 2 is 1.55 bits per heavy atom. The van der Waals surface area contributed by atoms with Gasteiger partial charge in [-0.3, -0.25) is 9.10 Å². The van der Waals surface area contributed by atoms with E-state index in [1.165, 1.54) is 24.3 Å². The highest BCUT2D eigenvalue weighted by molar-refractivity contribution is 7.92. The van der Waals surface area contributed by atoms with Crippen LogP contribution in [0.15, 0.2) is 71.6 Å². The van der Waals surface area contributed by atoms with Gasteiger partial charge < -0.3 is 5.32 Å². The highest BCUT2D eigenvalue weighted by Crippen LogP contribution is 2.35. The molecular weight excluding hydrogens is 453 g/mol. The molecule has 1 amide bonds. The monoisotopic (exact) mass is 476 g/mol. The fourth-order valence-electron chi connectivity index (χ4n) is 3.30. The summed E-state index contributed by atoms with van der Waals surface area (Å²) in [6.45, 7) is 4.63. The lowest BCUT2D eigenvalue weighted by Crippen LogP contribution is -2.38. The van der Waals surface area contributed by atoms with E-state index in [0.29, 0.717) is 5.56 Å². The second kappa shape index (κ2) is 9.27. The van der Waals surface area contributed by atoms with E-state index in [2.05, 4.69) is 5.32 Å². The third-order valence-corrected chi connectivity index (χ3v) is 7.02. The quantitative estimate of drug-likeness (QED) is 0.514. The van der Waals surface area contributed by atoms with Crippen LogP contribution in [-0.4, -0.2) is 20.9 Å². The smallest absolute Gasteiger partial charge is 0.324 e. The zero-order valence-electron chi connectivity index (χ0n) is 18.3. The van der Waals surface area contributed by atoms with Crippen molar-refractivity contribution in [2.24, 2.45) is 0 Å². The predicted octanol–water partition coefficient (Wildman–Crippen LogP) is 5.46. The molecule has 9 heteroatoms. The summed E-state index contributed by atoms with van der Waals surface area (Å²) in [5.74, 6) is -0.900. The van der Waals surface area contributed by atoms with Gasteiger partial charge in [0.15, 0.2) is 0 Å². The summed E-state index contributed by atoms with van der Waals surface area (Å²) in [6.07, 6.45) is -4.68. The van der Waals surface area contributed by atoms with Crippen LogP contribution < -0.4 is 9.62 Å². The first-order valence-corrected chi connectivity index (χ1v) is 11.5. The van der Waals surface area contributed by atoms with Crippen molar-refractivity contribution in [1.82, 2.24) is 0 Å². The Kier molecular flexibility index (Phi) is 6.83. The van der Waals surface area contributed by atoms with Crippen molar-refractivity contribution in [3.05, 3.63) is 89.0 Å². The highest BCUT2D eigenvalue weighted by Gasteiger charge is 2.34. The summed E-state index contributed by atoms with van der Waals surface area (Å²) in [5.41, 5.74) is 1.11. The van der Waals surface area contributed by atoms with E-state index in [-0.39, 0.29) is 10.6 Å². The van der Waals surface area contributed by atoms with E-state index >= 15 is 0 Å². The van der Waals surface area contributed by atoms with Gasteiger partial charge in [0.05, 0.1) is 21.8 Å². The summed E-state index contributed by atoms with van der Waals surface area (Å²) in [7, 11) is -4.19. The fourth-order valence-corrected chi connectivity index (χ4v) is 4.78. The molecule has 0 fully saturated rings. The first-order chi connectivity index (χ1) is 15.4. The topological polar surface area (TPSA) is 66.5 Å². The maximum atomic E-state index is 13.5. The molecule has 1 N–H and O–H groups in total. The molecule has 0 aliphatic rings. The Bertz CT molecular complexity index is 1270. The van der Waals surface area contributed by atoms with Crippen LogP contribution in [-0.2, 0) is 21.0 Å². The number of nitrogens with one attached hydrogen (secondary N) is 1. The largest absolute Gasteiger partial charge is 0.418 e. The van der Waals surface area contributed by atoms with Gasteiger partial charge >= 0.3 is 6.18 Å². The number of para-hydroxylation sites is 1. The first kappa shape index (κ1) is 24.3. The molecule has 0 atom stereocenters. The number of amides is 1. The van der Waals surface area contributed by atoms with Crippen LogP contribution in [0.2, 0.25) is 0 Å². The van der Waals surface area contributed by atoms with Gasteiger partial charge in [-0.2, -0.15) is 13.2 Å². The van der Waals surface area contributed by atoms with Crippen molar-refractivity contribution >= 4 is 27.3 Å². The molecule has 0 aliphatic heterocycles. The lowest BCUT2D eigenvalue weighted by atomic mass is 10.1. The molecular formula is C24H23F3N2O3S. The molecule has 0 saturated carbocycles. The van der Waals surface area contributed by atoms with Crippen molar-refractivity contribution in [2.75, 3.05) is 16.2 Å². The number of hydrogen-bond acceptors (Lipinski definition) is 3. The molecule has 0 radical (unpaired) electrons. The van der Waals surface area contributed by atoms with Crippen LogP contribution in [0.3, 0.4) is 0 Å². The minimum atomic E-state index is -4.68. The number of nitrogens with zero attached hydrogens (tertiary/aromatic N) is 1. The van der Waals surface area contributed by atoms with Crippen LogP contribution >= 0.6 is 0 Å². The van der Waals surface area contributed by atoms with E-state index in [1.54, 1.807) is 44.2 Å². The van der Waals surface area contributed by atoms with Gasteiger partial charge in [0, 0.05) is 0 Å². The zero-order valence-corrected chi connectivity index (χ0v) is 19.1. The van der Waals surface area contributed by atoms with Gasteiger partial charge in [0.2, 0.25) is 5.91 Å². The molecule has 0 spiro atoms. The predicted molar refractivity (Wildman–Crippen MR) is 122 cm³/mol. The number of halogens is 3. The molecule has 0 saturated heterocycles. The Labute approximate surface area is 190 Å². The van der Waals surface area contributed by atoms with Crippen LogP contribution in [0.25, 0.3) is 0 Å². The number of sulfonamides is 1. The molecule has 5 nitrogen and oxygen atoms in total. The van der Waals surface area contributed by atoms with Crippen LogP contribution in [0.1, 0.15) is 22.3 Å². The fraction of sp³-hybridized carbons (Fsp3) is 0.208. The number of aryl methyl sites for hydroxylation is 2. The second-order valence-electron chi connectivity index (χ2n) is 7.64. The third kappa shape index (κ3) is 5.36. The molecule has 3 aromatic rings. The SMILES string of the molecule is Cc1ccc(S(=O)(=O)N(CC(=O)Nc2ccccc2C(F)(F)F)c2cccc(C)c2C)cc1. The maximum absolute atomic E-state index is 13.5. The Morgan fingerprint density at radius 3 is 2.18 bits per heavy atom. The lowest BCUT2D eigenvalue weighted by molar-refractivity contribution is -0.137. The lowest BCUT2D eigenvalue weighted by Gasteiger charge is -2.26. The summed E-state index contributed by atoms with van der Waals surface area (Å²) in [6, 6.07) is 15.7. The van der Waals surface area contributed by atoms with Crippen molar-refractivity contribution in [3.8, 4) is 0 Å². The van der Waals surface area contributed by atoms with Crippen LogP contribution in [0.4, 0.5) is 24.5 Å². The van der Waals surface area contributed by atoms with Gasteiger partial charge in [0.25, 0.3) is 10.0 Å². The Hall–Kier alpha value is -3.33. The van der Waals surface area contributed by atoms with Gasteiger partial charge in [-0.25, -0.2) is 8.42 Å². The summed E-state index contributed by atoms with van der Waals surface area (Å²) < 4.78 is 67.8. The summed E-state index contributed by atoms with van der Waals surface area (Å²) in [5, 5.41) is 2.22. The van der Waals surface area contributed by atoms with E-state index in [0.717, 1.165) is 27.6 Å². The van der Waals surface area contributed by atoms with Gasteiger partial charge in [0.1, 0.15) is 6.54 Å². The molecule has 0 heterocycles. The van der Waals surface area contributed by atoms with Crippen molar-refractivity contribution in [3.63, 3.8) is 0 Å². The van der Waals surface area contributed by atoms with E-state index in [1.807, 2.05) is 6.92 Å². The minimum absolute atomic E-state index is 0.0301. The molecule has 174 valence electrons. The third-order valence-electron chi connectivity index (χ3n) is 5.25. The number of alkyl halides is 3. The summed E-state index contributed by atoms with van der Waals surface area (Å²) in [4.78, 5) is 12.8. The highest BCUT2D eigenvalue weighted by atomic mass is 32.2. The van der Waals surface area contributed by atoms with Crippen molar-refractivity contribution < 1.29 is 26.4 Å². The van der Waals surface area contributed by atoms with Crippen molar-refractivity contribution in [1.29, 1.82) is 0 Å². The molecule has 0 unspecified atom stereocenters. The number of carbonyl (C=O) groups excluding carboxylic acids is 1. The molecule has 33 heavy (non-hydrogen) atoms. The number of hydrogen-bond donors (Lipinski definition) is 1. The average molecular weight is 477 g/mol. The normalized spacial score (nSPS) is 11.8. The number of carbonyl (C=O) groups is 1. The minimum Gasteiger partial charge on any atom is -0.324 e. The van der Waals surface area contributed by atoms with E-state index in [9.17, 15) is 26.4 Å². The standard InChI is InChI=1S/C24H23F3N2O3S/c1-16-11-13-19(14-12-16)33(31,32)29(22-10-6-7-17(2)18(22)3)15-23(30)28-21-9-5-4-8-20(21)24(25,26)27/h4-14H,15H2,1-3H3,(H,28,30). The zero-order chi connectivity index (χ0) is 24.4. The van der Waals surface area contributed by atoms with Gasteiger partial charge in [-0.1, -0.05) is 42.0 Å². The van der Waals surface area contributed by atoms with Crippen molar-refractivity contribution in [2.45, 2.75) is 31.8 Å². The van der Waals surface area contributed by atoms with Crippen LogP contribution in [0, 0.1) is 20.8 Å². The summed E-state index contributed by atoms with van der Waals surface area (Å²) >= 11 is 0. The molecule has 3 rings (SSSR count). The molecule has 0 bridgehead atoms. The van der Waals surface area contributed by atoms with Gasteiger partial charge in [-0.05, 0) is 62.2 Å². The first-order valence-electron chi connectivity index (χ1n) is 10.0. The average Bonchev–Trinajstić information content (AvgIpc) is 2.74. The van der Waals surface area contributed by atoms with Crippen LogP contribution in [0.5, 0.6) is 0 Å². The van der Waals surface area contributed by atoms with E-state index in [4.69, 9.17) is 0 Å². The maximum Gasteiger partial charge on any atom is 0.418 e. The molecule has 3 aromatic carbocycles. The van der Waals surface area contributed by atoms with Gasteiger partial charge in [-0.15, -0.1) is 0 Å². The Balaban J connectivity index is 2.02. The number of rotatable bonds is 6. The number of benzene rings is 3.